The van der Waals surface area contributed by atoms with E-state index >= 15 is 0 Å². The number of aromatic nitrogens is 1. The lowest BCUT2D eigenvalue weighted by Gasteiger charge is -2.14. The van der Waals surface area contributed by atoms with E-state index in [0.717, 1.165) is 10.0 Å². The van der Waals surface area contributed by atoms with Crippen LogP contribution in [0.2, 0.25) is 0 Å². The van der Waals surface area contributed by atoms with Gasteiger partial charge in [-0.05, 0) is 30.7 Å². The van der Waals surface area contributed by atoms with E-state index in [-0.39, 0.29) is 29.8 Å². The summed E-state index contributed by atoms with van der Waals surface area (Å²) in [5.41, 5.74) is -0.0434. The Bertz CT molecular complexity index is 1100. The predicted molar refractivity (Wildman–Crippen MR) is 124 cm³/mol. The molecule has 1 N–H and O–H groups in total. The summed E-state index contributed by atoms with van der Waals surface area (Å²) in [5.74, 6) is -0.425. The zero-order chi connectivity index (χ0) is 22.5. The van der Waals surface area contributed by atoms with Crippen molar-refractivity contribution in [2.45, 2.75) is 40.3 Å². The Balaban J connectivity index is 2.54. The molecule has 2 aromatic rings. The Morgan fingerprint density at radius 3 is 2.63 bits per heavy atom. The Labute approximate surface area is 188 Å². The van der Waals surface area contributed by atoms with Gasteiger partial charge >= 0.3 is 0 Å². The van der Waals surface area contributed by atoms with E-state index in [4.69, 9.17) is 4.74 Å². The molecule has 8 heteroatoms. The molecule has 0 spiro atoms. The van der Waals surface area contributed by atoms with Crippen molar-refractivity contribution in [2.24, 2.45) is 5.41 Å². The van der Waals surface area contributed by atoms with Crippen molar-refractivity contribution in [1.82, 2.24) is 9.88 Å². The van der Waals surface area contributed by atoms with Gasteiger partial charge in [-0.25, -0.2) is 0 Å². The van der Waals surface area contributed by atoms with Crippen molar-refractivity contribution in [3.63, 3.8) is 0 Å². The molecule has 0 aliphatic rings. The number of ketones is 1. The van der Waals surface area contributed by atoms with Crippen molar-refractivity contribution < 1.29 is 14.3 Å². The summed E-state index contributed by atoms with van der Waals surface area (Å²) in [6.45, 7) is 7.47. The number of halogens is 1. The van der Waals surface area contributed by atoms with Crippen molar-refractivity contribution >= 4 is 51.1 Å². The zero-order valence-electron chi connectivity index (χ0n) is 17.8. The molecule has 0 fully saturated rings. The standard InChI is InChI=1S/C22H27BrN2O4S/c1-14(13-29-5)24-19(27)12-25-20(11-18(26)22(2,3)4)30-17(21(25)28)10-15-7-6-8-16(23)9-15/h6-11,14H,12-13H2,1-5H3,(H,24,27)/b17-10-,20-11+. The van der Waals surface area contributed by atoms with E-state index in [2.05, 4.69) is 21.2 Å². The summed E-state index contributed by atoms with van der Waals surface area (Å²) in [7, 11) is 1.56. The highest BCUT2D eigenvalue weighted by molar-refractivity contribution is 9.10. The maximum absolute atomic E-state index is 13.1. The largest absolute Gasteiger partial charge is 0.383 e. The van der Waals surface area contributed by atoms with E-state index in [0.29, 0.717) is 15.8 Å². The van der Waals surface area contributed by atoms with E-state index in [1.165, 1.54) is 22.0 Å². The maximum Gasteiger partial charge on any atom is 0.269 e. The maximum atomic E-state index is 13.1. The second-order valence-electron chi connectivity index (χ2n) is 8.08. The third kappa shape index (κ3) is 6.75. The van der Waals surface area contributed by atoms with Gasteiger partial charge in [-0.3, -0.25) is 19.0 Å². The third-order valence-corrected chi connectivity index (χ3v) is 5.76. The van der Waals surface area contributed by atoms with Gasteiger partial charge in [0, 0.05) is 29.1 Å². The number of Topliss-reactive ketones (excluding diaryl/α,β-unsaturated/α-hetero) is 1. The van der Waals surface area contributed by atoms with Crippen LogP contribution in [0.25, 0.3) is 12.2 Å². The highest BCUT2D eigenvalue weighted by atomic mass is 79.9. The number of benzene rings is 1. The second-order valence-corrected chi connectivity index (χ2v) is 10.1. The van der Waals surface area contributed by atoms with Crippen molar-refractivity contribution in [1.29, 1.82) is 0 Å². The number of methoxy groups -OCH3 is 1. The molecule has 30 heavy (non-hydrogen) atoms. The van der Waals surface area contributed by atoms with Crippen molar-refractivity contribution in [3.8, 4) is 0 Å². The summed E-state index contributed by atoms with van der Waals surface area (Å²) in [4.78, 5) is 38.1. The number of ether oxygens (including phenoxy) is 1. The smallest absolute Gasteiger partial charge is 0.269 e. The normalized spacial score (nSPS) is 14.1. The fourth-order valence-electron chi connectivity index (χ4n) is 2.62. The summed E-state index contributed by atoms with van der Waals surface area (Å²) in [5, 5.41) is 2.80. The van der Waals surface area contributed by atoms with Crippen molar-refractivity contribution in [2.75, 3.05) is 13.7 Å². The molecule has 0 aliphatic carbocycles. The minimum Gasteiger partial charge on any atom is -0.383 e. The molecule has 1 amide bonds. The van der Waals surface area contributed by atoms with E-state index in [1.54, 1.807) is 13.2 Å². The second kappa shape index (κ2) is 10.3. The number of carbonyl (C=O) groups excluding carboxylic acids is 2. The Hall–Kier alpha value is -2.03. The van der Waals surface area contributed by atoms with Gasteiger partial charge in [-0.1, -0.05) is 48.8 Å². The van der Waals surface area contributed by atoms with Gasteiger partial charge in [-0.2, -0.15) is 0 Å². The van der Waals surface area contributed by atoms with Gasteiger partial charge < -0.3 is 10.1 Å². The highest BCUT2D eigenvalue weighted by Gasteiger charge is 2.20. The molecule has 0 saturated carbocycles. The molecule has 0 bridgehead atoms. The third-order valence-electron chi connectivity index (χ3n) is 4.20. The minimum atomic E-state index is -0.589. The number of hydrogen-bond donors (Lipinski definition) is 1. The summed E-state index contributed by atoms with van der Waals surface area (Å²) in [6, 6.07) is 7.37. The minimum absolute atomic E-state index is 0.111. The zero-order valence-corrected chi connectivity index (χ0v) is 20.2. The topological polar surface area (TPSA) is 77.4 Å². The summed E-state index contributed by atoms with van der Waals surface area (Å²) in [6.07, 6.45) is 3.22. The van der Waals surface area contributed by atoms with Gasteiger partial charge in [0.2, 0.25) is 5.91 Å². The number of nitrogens with one attached hydrogen (secondary N) is 1. The average Bonchev–Trinajstić information content (AvgIpc) is 2.89. The molecular formula is C22H27BrN2O4S. The van der Waals surface area contributed by atoms with Crippen LogP contribution in [0.5, 0.6) is 0 Å². The van der Waals surface area contributed by atoms with E-state index in [9.17, 15) is 14.4 Å². The first kappa shape index (κ1) is 24.2. The lowest BCUT2D eigenvalue weighted by molar-refractivity contribution is -0.123. The quantitative estimate of drug-likeness (QED) is 0.638. The molecule has 162 valence electrons. The summed E-state index contributed by atoms with van der Waals surface area (Å²) < 4.78 is 8.19. The molecule has 1 unspecified atom stereocenters. The molecule has 0 aliphatic heterocycles. The van der Waals surface area contributed by atoms with Crippen LogP contribution in [0.4, 0.5) is 0 Å². The first-order valence-corrected chi connectivity index (χ1v) is 11.1. The SMILES string of the molecule is COCC(C)NC(=O)Cn1c(=O)/c(=C/c2cccc(Br)c2)s/c1=C/C(=O)C(C)(C)C. The van der Waals surface area contributed by atoms with Crippen LogP contribution in [0.15, 0.2) is 33.5 Å². The molecule has 0 saturated heterocycles. The lowest BCUT2D eigenvalue weighted by atomic mass is 9.91. The van der Waals surface area contributed by atoms with Gasteiger partial charge in [0.1, 0.15) is 11.2 Å². The number of rotatable bonds is 7. The predicted octanol–water partition coefficient (Wildman–Crippen LogP) is 2.05. The van der Waals surface area contributed by atoms with Gasteiger partial charge in [0.05, 0.1) is 11.1 Å². The van der Waals surface area contributed by atoms with Crippen LogP contribution in [0.3, 0.4) is 0 Å². The van der Waals surface area contributed by atoms with Crippen LogP contribution < -0.4 is 20.1 Å². The molecule has 2 rings (SSSR count). The fourth-order valence-corrected chi connectivity index (χ4v) is 4.08. The van der Waals surface area contributed by atoms with Crippen LogP contribution in [-0.2, 0) is 20.9 Å². The highest BCUT2D eigenvalue weighted by Crippen LogP contribution is 2.15. The van der Waals surface area contributed by atoms with Crippen LogP contribution in [-0.4, -0.2) is 36.0 Å². The van der Waals surface area contributed by atoms with E-state index < -0.39 is 5.41 Å². The number of nitrogens with zero attached hydrogens (tertiary/aromatic N) is 1. The van der Waals surface area contributed by atoms with E-state index in [1.807, 2.05) is 52.0 Å². The molecule has 6 nitrogen and oxygen atoms in total. The Morgan fingerprint density at radius 1 is 1.33 bits per heavy atom. The van der Waals surface area contributed by atoms with Gasteiger partial charge in [0.15, 0.2) is 5.78 Å². The number of carbonyl (C=O) groups is 2. The number of thiazole rings is 1. The van der Waals surface area contributed by atoms with Crippen LogP contribution >= 0.6 is 27.3 Å². The molecular weight excluding hydrogens is 468 g/mol. The molecule has 1 aromatic carbocycles. The number of amides is 1. The lowest BCUT2D eigenvalue weighted by Crippen LogP contribution is -2.42. The molecule has 1 atom stereocenters. The average molecular weight is 495 g/mol. The van der Waals surface area contributed by atoms with Gasteiger partial charge in [0.25, 0.3) is 5.56 Å². The molecule has 1 heterocycles. The van der Waals surface area contributed by atoms with Crippen LogP contribution in [0, 0.1) is 5.41 Å². The monoisotopic (exact) mass is 494 g/mol. The van der Waals surface area contributed by atoms with Crippen LogP contribution in [0.1, 0.15) is 33.3 Å². The first-order valence-electron chi connectivity index (χ1n) is 9.52. The molecule has 0 radical (unpaired) electrons. The number of hydrogen-bond acceptors (Lipinski definition) is 5. The summed E-state index contributed by atoms with van der Waals surface area (Å²) >= 11 is 4.62. The van der Waals surface area contributed by atoms with Crippen molar-refractivity contribution in [3.05, 3.63) is 53.9 Å². The Morgan fingerprint density at radius 2 is 2.03 bits per heavy atom. The molecule has 1 aromatic heterocycles. The van der Waals surface area contributed by atoms with Gasteiger partial charge in [-0.15, -0.1) is 11.3 Å². The fraction of sp³-hybridized carbons (Fsp3) is 0.409. The Kier molecular flexibility index (Phi) is 8.34. The first-order chi connectivity index (χ1) is 14.0.